The first-order valence-electron chi connectivity index (χ1n) is 33.8. The van der Waals surface area contributed by atoms with Gasteiger partial charge < -0.3 is 82.4 Å². The van der Waals surface area contributed by atoms with E-state index in [2.05, 4.69) is 40.5 Å². The molecule has 1 saturated heterocycles. The van der Waals surface area contributed by atoms with Gasteiger partial charge in [0.15, 0.2) is 5.78 Å². The summed E-state index contributed by atoms with van der Waals surface area (Å²) < 4.78 is 14.0. The number of fused-ring (bicyclic) bond motifs is 6. The Morgan fingerprint density at radius 2 is 1.73 bits per heavy atom. The van der Waals surface area contributed by atoms with Crippen LogP contribution in [0.4, 0.5) is 0 Å². The lowest BCUT2D eigenvalue weighted by atomic mass is 9.37. The molecule has 1 unspecified atom stereocenters. The van der Waals surface area contributed by atoms with Crippen LogP contribution in [-0.4, -0.2) is 162 Å². The fourth-order valence-corrected chi connectivity index (χ4v) is 22.0. The number of hydrogen-bond donors (Lipinski definition) is 14. The molecular weight excluding hydrogens is 1080 g/mol. The molecule has 8 fully saturated rings. The third-order valence-electron chi connectivity index (χ3n) is 25.7. The van der Waals surface area contributed by atoms with Gasteiger partial charge in [-0.2, -0.15) is 0 Å². The van der Waals surface area contributed by atoms with E-state index in [0.29, 0.717) is 68.6 Å². The van der Waals surface area contributed by atoms with Crippen LogP contribution in [0.3, 0.4) is 0 Å². The van der Waals surface area contributed by atoms with E-state index in [1.165, 1.54) is 0 Å². The maximum absolute atomic E-state index is 16.3. The lowest BCUT2D eigenvalue weighted by Crippen LogP contribution is -2.74. The maximum Gasteiger partial charge on any atom is 0.182 e. The fraction of sp³-hybridized carbons (Fsp3) is 0.838. The number of carbonyl (C=O) groups excluding carboxylic acids is 1. The second kappa shape index (κ2) is 23.8. The molecule has 3 heterocycles. The van der Waals surface area contributed by atoms with Gasteiger partial charge in [-0.3, -0.25) is 4.79 Å². The number of allylic oxidation sites excluding steroid dienone is 5. The van der Waals surface area contributed by atoms with Crippen molar-refractivity contribution in [3.8, 4) is 0 Å². The molecule has 0 amide bonds. The Balaban J connectivity index is 1.01. The summed E-state index contributed by atoms with van der Waals surface area (Å²) in [5.41, 5.74) is -1.77. The Kier molecular flexibility index (Phi) is 17.5. The smallest absolute Gasteiger partial charge is 0.182 e. The van der Waals surface area contributed by atoms with Crippen LogP contribution in [0.5, 0.6) is 0 Å². The van der Waals surface area contributed by atoms with E-state index in [0.717, 1.165) is 88.4 Å². The van der Waals surface area contributed by atoms with Gasteiger partial charge in [0.2, 0.25) is 0 Å². The van der Waals surface area contributed by atoms with Crippen LogP contribution in [-0.2, 0) is 14.3 Å². The number of aliphatic hydroxyl groups excluding tert-OH is 5. The highest BCUT2D eigenvalue weighted by Crippen LogP contribution is 2.77. The molecule has 0 radical (unpaired) electrons. The van der Waals surface area contributed by atoms with Crippen molar-refractivity contribution in [3.63, 3.8) is 0 Å². The molecule has 17 heteroatoms. The van der Waals surface area contributed by atoms with Crippen molar-refractivity contribution >= 4 is 5.78 Å². The van der Waals surface area contributed by atoms with Gasteiger partial charge in [0.1, 0.15) is 5.60 Å². The molecule has 0 aromatic rings. The minimum atomic E-state index is -1.99. The van der Waals surface area contributed by atoms with Crippen LogP contribution in [0.1, 0.15) is 175 Å². The van der Waals surface area contributed by atoms with Crippen LogP contribution >= 0.6 is 0 Å². The number of ether oxygens (including phenoxy) is 2. The Labute approximate surface area is 505 Å². The second-order valence-electron chi connectivity index (χ2n) is 30.3. The number of hydrogen-bond acceptors (Lipinski definition) is 17. The van der Waals surface area contributed by atoms with Crippen LogP contribution in [0.15, 0.2) is 59.1 Å². The first-order chi connectivity index (χ1) is 40.6. The summed E-state index contributed by atoms with van der Waals surface area (Å²) >= 11 is 0. The van der Waals surface area contributed by atoms with Gasteiger partial charge in [-0.05, 0) is 214 Å². The molecule has 23 atom stereocenters. The van der Waals surface area contributed by atoms with Gasteiger partial charge >= 0.3 is 0 Å². The Hall–Kier alpha value is -2.75. The van der Waals surface area contributed by atoms with E-state index in [-0.39, 0.29) is 99.0 Å². The van der Waals surface area contributed by atoms with Gasteiger partial charge in [-0.15, -0.1) is 0 Å². The molecule has 12 rings (SSSR count). The lowest BCUT2D eigenvalue weighted by Gasteiger charge is -2.69. The number of Topliss-reactive ketones (excluding diaryl/α,β-unsaturated/α-hetero) is 1. The molecular formula is C68H107N5O12. The van der Waals surface area contributed by atoms with Crippen molar-refractivity contribution in [1.82, 2.24) is 21.3 Å². The molecule has 0 aromatic carbocycles. The van der Waals surface area contributed by atoms with Gasteiger partial charge in [0.05, 0.1) is 71.4 Å². The zero-order valence-corrected chi connectivity index (χ0v) is 51.5. The predicted octanol–water partition coefficient (Wildman–Crippen LogP) is 4.92. The summed E-state index contributed by atoms with van der Waals surface area (Å²) in [6.45, 7) is 6.89. The van der Waals surface area contributed by atoms with E-state index >= 15 is 9.90 Å². The lowest BCUT2D eigenvalue weighted by molar-refractivity contribution is -0.277. The van der Waals surface area contributed by atoms with Crippen LogP contribution in [0.25, 0.3) is 0 Å². The molecule has 7 saturated carbocycles. The topological polar surface area (TPSA) is 292 Å². The standard InChI is InChI=1S/C68H107N5O12/c1-5-8-40-11-13-46-53(15-12-40)85-61-56(46)50(76)10-6-22-68(61,83)62(3,80)54-20-26-67(82)57-58(72-36-39(2)75)59(79)47-33-51(77)52(78)35-64(47)34-42(45-14-16-55(69)73-48(45)9-7-29-74)17-25-65(81,60(57)64)37-66(54,67)43-18-23-63(24-19-43,38-70-4)27-30-84-44-31-41-21-28-71-49(41)32-44/h14,16-17,21,25,28,39-44,46-47,49-56,60-61,70-78,80-83H,5-13,15,18-20,22-24,26-27,29-38,69H2,1-4H3/t39-,40+,41+,42+,43?,44+,46+,47-,49-,50-,51+,52-,53+,54+,55?,56+,60-,61+,62+,63?,64-,65+,66-,67+,68+/m0/s1. The monoisotopic (exact) mass is 1190 g/mol. The highest BCUT2D eigenvalue weighted by atomic mass is 16.5. The largest absolute Gasteiger partial charge is 0.396 e. The Bertz CT molecular complexity index is 2600. The van der Waals surface area contributed by atoms with Crippen molar-refractivity contribution < 1.29 is 60.2 Å². The molecule has 1 spiro atoms. The van der Waals surface area contributed by atoms with E-state index in [1.807, 2.05) is 31.4 Å². The molecule has 476 valence electrons. The summed E-state index contributed by atoms with van der Waals surface area (Å²) in [6.07, 6.45) is 20.5. The molecule has 0 bridgehead atoms. The second-order valence-corrected chi connectivity index (χ2v) is 30.3. The Morgan fingerprint density at radius 3 is 2.47 bits per heavy atom. The van der Waals surface area contributed by atoms with Crippen molar-refractivity contribution in [2.75, 3.05) is 33.4 Å². The minimum absolute atomic E-state index is 0.0000696. The molecule has 12 aliphatic rings. The van der Waals surface area contributed by atoms with Crippen molar-refractivity contribution in [1.29, 1.82) is 0 Å². The van der Waals surface area contributed by atoms with E-state index < -0.39 is 99.5 Å². The molecule has 15 N–H and O–H groups in total. The van der Waals surface area contributed by atoms with Crippen LogP contribution in [0.2, 0.25) is 0 Å². The molecule has 85 heavy (non-hydrogen) atoms. The number of nitrogens with two attached hydrogens (primary N) is 1. The number of aliphatic hydroxyl groups is 9. The normalized spacial score (nSPS) is 48.4. The van der Waals surface area contributed by atoms with E-state index in [9.17, 15) is 40.9 Å². The number of dihydropyridines is 1. The minimum Gasteiger partial charge on any atom is -0.396 e. The van der Waals surface area contributed by atoms with Gasteiger partial charge in [0, 0.05) is 73.0 Å². The number of ketones is 1. The zero-order chi connectivity index (χ0) is 60.1. The zero-order valence-electron chi connectivity index (χ0n) is 51.5. The number of nitrogens with one attached hydrogen (secondary N) is 4. The highest BCUT2D eigenvalue weighted by molar-refractivity contribution is 6.00. The number of rotatable bonds is 18. The van der Waals surface area contributed by atoms with Crippen LogP contribution in [0, 0.1) is 69.5 Å². The highest BCUT2D eigenvalue weighted by Gasteiger charge is 2.80. The average molecular weight is 1190 g/mol. The average Bonchev–Trinajstić information content (AvgIpc) is 1.63. The molecule has 9 aliphatic carbocycles. The third kappa shape index (κ3) is 10.3. The van der Waals surface area contributed by atoms with Gasteiger partial charge in [0.25, 0.3) is 0 Å². The van der Waals surface area contributed by atoms with Crippen molar-refractivity contribution in [2.24, 2.45) is 75.2 Å². The predicted molar refractivity (Wildman–Crippen MR) is 322 cm³/mol. The third-order valence-corrected chi connectivity index (χ3v) is 25.7. The van der Waals surface area contributed by atoms with Crippen molar-refractivity contribution in [2.45, 2.75) is 252 Å². The summed E-state index contributed by atoms with van der Waals surface area (Å²) in [5, 5.41) is 130. The van der Waals surface area contributed by atoms with Gasteiger partial charge in [-0.1, -0.05) is 50.5 Å². The molecule has 0 aromatic heterocycles. The fourth-order valence-electron chi connectivity index (χ4n) is 22.0. The van der Waals surface area contributed by atoms with Crippen molar-refractivity contribution in [3.05, 3.63) is 59.1 Å². The van der Waals surface area contributed by atoms with E-state index in [4.69, 9.17) is 15.2 Å². The first kappa shape index (κ1) is 62.4. The summed E-state index contributed by atoms with van der Waals surface area (Å²) in [6, 6.07) is 0.416. The van der Waals surface area contributed by atoms with E-state index in [1.54, 1.807) is 13.8 Å². The SMILES string of the molecule is CCC[C@@H]1CC[C@H]2[C@H]3[C@@H](O[C@@H]2CC1)[C@@](O)([C@](C)(O)[C@H]1CC[C@@]2(O)C4=C(NC[C@H](C)O)C(=O)[C@@H]5C[C@@H](O)[C@@H](O)C[C@@]56C[C@H](C5=C(CCCO)NC(N)C=C5)C=C[C@@](O)(C[C@]12C1CCC(CCO[C@@H]2C[C@H]5C=CN[C@H]5C2)(CNC)CC1)[C@@H]46)CCC[C@@H]3O. The quantitative estimate of drug-likeness (QED) is 0.0811. The number of carbonyl (C=O) groups is 1. The first-order valence-corrected chi connectivity index (χ1v) is 33.8. The van der Waals surface area contributed by atoms with Gasteiger partial charge in [-0.25, -0.2) is 0 Å². The Morgan fingerprint density at radius 1 is 0.941 bits per heavy atom. The van der Waals surface area contributed by atoms with Crippen LogP contribution < -0.4 is 27.0 Å². The maximum atomic E-state index is 16.3. The molecule has 3 aliphatic heterocycles. The summed E-state index contributed by atoms with van der Waals surface area (Å²) in [5.74, 6) is -3.31. The summed E-state index contributed by atoms with van der Waals surface area (Å²) in [4.78, 5) is 16.3. The summed E-state index contributed by atoms with van der Waals surface area (Å²) in [7, 11) is 2.00. The molecule has 17 nitrogen and oxygen atoms in total.